The van der Waals surface area contributed by atoms with Crippen LogP contribution in [-0.4, -0.2) is 6.71 Å². The Balaban J connectivity index is 1.30. The summed E-state index contributed by atoms with van der Waals surface area (Å²) >= 11 is 2.03. The molecule has 0 radical (unpaired) electrons. The third-order valence-corrected chi connectivity index (χ3v) is 17.9. The summed E-state index contributed by atoms with van der Waals surface area (Å²) in [5.74, 6) is 0. The van der Waals surface area contributed by atoms with Gasteiger partial charge in [-0.1, -0.05) is 185 Å². The van der Waals surface area contributed by atoms with Crippen LogP contribution in [0.1, 0.15) is 176 Å². The SMILES string of the molecule is CC(C)(C)c1ccc(N2c3cc(C(C)(C)C)cc4c3B(c3cc(C(C)(C)C)ccc3N4c3ccc(C(C)(C)C)cc3-c3cc(C(C)(C)C)cc(C(C)(C)C)c3)c3c2ccc2c3sc3ccc4c(c32)CCC4)cc1. The van der Waals surface area contributed by atoms with E-state index in [1.54, 1.807) is 5.56 Å². The van der Waals surface area contributed by atoms with E-state index >= 15 is 0 Å². The quantitative estimate of drug-likeness (QED) is 0.163. The van der Waals surface area contributed by atoms with Gasteiger partial charge in [-0.3, -0.25) is 0 Å². The topological polar surface area (TPSA) is 6.48 Å². The molecule has 0 atom stereocenters. The van der Waals surface area contributed by atoms with Crippen LogP contribution in [0.15, 0.2) is 115 Å². The minimum Gasteiger partial charge on any atom is -0.311 e. The number of anilines is 6. The van der Waals surface area contributed by atoms with Gasteiger partial charge in [0.2, 0.25) is 0 Å². The molecule has 374 valence electrons. The van der Waals surface area contributed by atoms with Crippen LogP contribution in [0.4, 0.5) is 34.1 Å². The summed E-state index contributed by atoms with van der Waals surface area (Å²) in [6.07, 6.45) is 3.57. The summed E-state index contributed by atoms with van der Waals surface area (Å²) in [7, 11) is 0. The Morgan fingerprint density at radius 3 is 1.52 bits per heavy atom. The largest absolute Gasteiger partial charge is 0.311 e. The molecule has 2 nitrogen and oxygen atoms in total. The average Bonchev–Trinajstić information content (AvgIpc) is 3.94. The van der Waals surface area contributed by atoms with Crippen molar-refractivity contribution in [3.05, 3.63) is 160 Å². The van der Waals surface area contributed by atoms with Crippen LogP contribution in [-0.2, 0) is 45.3 Å². The third-order valence-electron chi connectivity index (χ3n) is 16.7. The van der Waals surface area contributed by atoms with Gasteiger partial charge in [0.05, 0.1) is 5.69 Å². The normalized spacial score (nSPS) is 15.0. The van der Waals surface area contributed by atoms with E-state index in [1.165, 1.54) is 134 Å². The maximum atomic E-state index is 2.71. The van der Waals surface area contributed by atoms with Crippen LogP contribution in [0.5, 0.6) is 0 Å². The van der Waals surface area contributed by atoms with Gasteiger partial charge in [-0.25, -0.2) is 0 Å². The minimum atomic E-state index is -0.136. The Morgan fingerprint density at radius 1 is 0.411 bits per heavy atom. The zero-order valence-corrected chi connectivity index (χ0v) is 48.3. The summed E-state index contributed by atoms with van der Waals surface area (Å²) in [6.45, 7) is 42.6. The third kappa shape index (κ3) is 8.28. The predicted molar refractivity (Wildman–Crippen MR) is 323 cm³/mol. The second-order valence-corrected chi connectivity index (χ2v) is 29.3. The Kier molecular flexibility index (Phi) is 11.2. The van der Waals surface area contributed by atoms with Gasteiger partial charge < -0.3 is 9.80 Å². The van der Waals surface area contributed by atoms with Crippen molar-refractivity contribution >= 4 is 88.7 Å². The molecule has 0 bridgehead atoms. The number of hydrogen-bond donors (Lipinski definition) is 0. The van der Waals surface area contributed by atoms with Crippen molar-refractivity contribution in [1.29, 1.82) is 0 Å². The van der Waals surface area contributed by atoms with Crippen LogP contribution < -0.4 is 26.2 Å². The molecular weight excluding hydrogens is 900 g/mol. The summed E-state index contributed by atoms with van der Waals surface area (Å²) < 4.78 is 2.84. The van der Waals surface area contributed by atoms with Gasteiger partial charge in [0.25, 0.3) is 6.71 Å². The van der Waals surface area contributed by atoms with E-state index in [-0.39, 0.29) is 39.2 Å². The molecular formula is C69H79BN2S. The lowest BCUT2D eigenvalue weighted by molar-refractivity contribution is 0.569. The molecule has 2 aliphatic heterocycles. The monoisotopic (exact) mass is 979 g/mol. The molecule has 3 heterocycles. The fourth-order valence-electron chi connectivity index (χ4n) is 12.1. The van der Waals surface area contributed by atoms with Crippen LogP contribution in [0.2, 0.25) is 0 Å². The molecule has 7 aromatic carbocycles. The lowest BCUT2D eigenvalue weighted by atomic mass is 9.33. The highest BCUT2D eigenvalue weighted by atomic mass is 32.1. The number of nitrogens with zero attached hydrogens (tertiary/aromatic N) is 2. The van der Waals surface area contributed by atoms with E-state index in [9.17, 15) is 0 Å². The fourth-order valence-corrected chi connectivity index (χ4v) is 13.4. The van der Waals surface area contributed by atoms with Gasteiger partial charge in [0, 0.05) is 54.2 Å². The van der Waals surface area contributed by atoms with Crippen LogP contribution in [0, 0.1) is 0 Å². The molecule has 0 unspecified atom stereocenters. The van der Waals surface area contributed by atoms with E-state index in [1.807, 2.05) is 11.3 Å². The highest BCUT2D eigenvalue weighted by molar-refractivity contribution is 7.28. The van der Waals surface area contributed by atoms with Crippen molar-refractivity contribution in [3.8, 4) is 11.1 Å². The average molecular weight is 979 g/mol. The summed E-state index contributed by atoms with van der Waals surface area (Å²) in [6, 6.07) is 47.0. The molecule has 4 heteroatoms. The number of rotatable bonds is 3. The van der Waals surface area contributed by atoms with Gasteiger partial charge >= 0.3 is 0 Å². The molecule has 0 amide bonds. The zero-order valence-electron chi connectivity index (χ0n) is 47.5. The van der Waals surface area contributed by atoms with E-state index in [0.29, 0.717) is 0 Å². The van der Waals surface area contributed by atoms with Gasteiger partial charge in [-0.15, -0.1) is 11.3 Å². The Bertz CT molecular complexity index is 3510. The maximum Gasteiger partial charge on any atom is 0.254 e. The Hall–Kier alpha value is -5.58. The molecule has 0 N–H and O–H groups in total. The number of aryl methyl sites for hydroxylation is 2. The first-order chi connectivity index (χ1) is 34.0. The first-order valence-corrected chi connectivity index (χ1v) is 28.1. The van der Waals surface area contributed by atoms with Gasteiger partial charge in [-0.05, 0) is 173 Å². The van der Waals surface area contributed by atoms with Crippen molar-refractivity contribution in [3.63, 3.8) is 0 Å². The number of benzene rings is 7. The fraction of sp³-hybridized carbons (Fsp3) is 0.391. The van der Waals surface area contributed by atoms with E-state index in [0.717, 1.165) is 6.42 Å². The Labute approximate surface area is 443 Å². The number of thiophene rings is 1. The summed E-state index contributed by atoms with van der Waals surface area (Å²) in [4.78, 5) is 5.36. The molecule has 1 aromatic heterocycles. The maximum absolute atomic E-state index is 2.71. The van der Waals surface area contributed by atoms with Gasteiger partial charge in [-0.2, -0.15) is 0 Å². The van der Waals surface area contributed by atoms with Gasteiger partial charge in [0.1, 0.15) is 0 Å². The highest BCUT2D eigenvalue weighted by Gasteiger charge is 2.46. The standard InChI is InChI=1S/C69H79BN2S/c1-64(2,3)43-23-27-49(28-24-43)71-56-32-29-51-60-50-21-19-20-41(50)22-33-59(60)73-63(51)62(56)70-53-38-45(66(7,8)9)26-31-55(53)72(58-40-48(69(16,17)18)39-57(71)61(58)70)54-30-25-44(65(4,5)6)37-52(54)42-34-46(67(10,11)12)36-47(35-42)68(13,14)15/h22-40H,19-21H2,1-18H3. The highest BCUT2D eigenvalue weighted by Crippen LogP contribution is 2.52. The van der Waals surface area contributed by atoms with E-state index < -0.39 is 0 Å². The molecule has 0 spiro atoms. The first kappa shape index (κ1) is 49.6. The van der Waals surface area contributed by atoms with Crippen LogP contribution >= 0.6 is 11.3 Å². The second-order valence-electron chi connectivity index (χ2n) is 28.3. The predicted octanol–water partition coefficient (Wildman–Crippen LogP) is 18.1. The molecule has 3 aliphatic rings. The van der Waals surface area contributed by atoms with Crippen molar-refractivity contribution in [2.24, 2.45) is 0 Å². The van der Waals surface area contributed by atoms with Crippen molar-refractivity contribution in [2.45, 2.75) is 176 Å². The molecule has 73 heavy (non-hydrogen) atoms. The molecule has 11 rings (SSSR count). The van der Waals surface area contributed by atoms with Gasteiger partial charge in [0.15, 0.2) is 0 Å². The number of fused-ring (bicyclic) bond motifs is 10. The lowest BCUT2D eigenvalue weighted by Gasteiger charge is -2.46. The Morgan fingerprint density at radius 2 is 0.932 bits per heavy atom. The summed E-state index contributed by atoms with van der Waals surface area (Å²) in [5, 5.41) is 2.91. The lowest BCUT2D eigenvalue weighted by Crippen LogP contribution is -2.61. The first-order valence-electron chi connectivity index (χ1n) is 27.3. The van der Waals surface area contributed by atoms with E-state index in [4.69, 9.17) is 0 Å². The van der Waals surface area contributed by atoms with Crippen molar-refractivity contribution in [2.75, 3.05) is 9.80 Å². The van der Waals surface area contributed by atoms with Crippen molar-refractivity contribution in [1.82, 2.24) is 0 Å². The zero-order chi connectivity index (χ0) is 52.3. The summed E-state index contributed by atoms with van der Waals surface area (Å²) in [5.41, 5.74) is 25.2. The number of hydrogen-bond acceptors (Lipinski definition) is 3. The second kappa shape index (κ2) is 16.5. The van der Waals surface area contributed by atoms with E-state index in [2.05, 4.69) is 250 Å². The van der Waals surface area contributed by atoms with Crippen molar-refractivity contribution < 1.29 is 0 Å². The minimum absolute atomic E-state index is 0.00788. The van der Waals surface area contributed by atoms with Crippen LogP contribution in [0.25, 0.3) is 31.3 Å². The molecule has 1 aliphatic carbocycles. The molecule has 8 aromatic rings. The molecule has 0 saturated heterocycles. The van der Waals surface area contributed by atoms with Crippen LogP contribution in [0.3, 0.4) is 0 Å². The smallest absolute Gasteiger partial charge is 0.254 e. The molecule has 0 fully saturated rings. The molecule has 0 saturated carbocycles.